The Morgan fingerprint density at radius 1 is 1.19 bits per heavy atom. The van der Waals surface area contributed by atoms with Crippen molar-refractivity contribution >= 4 is 34.6 Å². The van der Waals surface area contributed by atoms with Gasteiger partial charge >= 0.3 is 0 Å². The number of benzene rings is 1. The summed E-state index contributed by atoms with van der Waals surface area (Å²) < 4.78 is 5.65. The molecule has 5 N–H and O–H groups in total. The minimum atomic E-state index is -0.0383. The molecule has 2 rings (SSSR count). The summed E-state index contributed by atoms with van der Waals surface area (Å²) in [5, 5.41) is 9.36. The van der Waals surface area contributed by atoms with Crippen molar-refractivity contribution in [2.75, 3.05) is 31.8 Å². The van der Waals surface area contributed by atoms with E-state index in [4.69, 9.17) is 10.5 Å². The fraction of sp³-hybridized carbons (Fsp3) is 0.333. The molecule has 0 aliphatic rings. The van der Waals surface area contributed by atoms with E-state index in [1.807, 2.05) is 58.9 Å². The first-order valence-electron chi connectivity index (χ1n) is 11.9. The lowest BCUT2D eigenvalue weighted by atomic mass is 10.1. The zero-order chi connectivity index (χ0) is 27.1. The quantitative estimate of drug-likeness (QED) is 0.202. The van der Waals surface area contributed by atoms with Crippen LogP contribution in [-0.4, -0.2) is 43.6 Å². The molecule has 9 nitrogen and oxygen atoms in total. The van der Waals surface area contributed by atoms with Gasteiger partial charge in [-0.15, -0.1) is 0 Å². The second-order valence-corrected chi connectivity index (χ2v) is 7.48. The number of aliphatic imine (C=N–C) groups is 2. The number of nitrogens with one attached hydrogen (secondary N) is 3. The predicted molar refractivity (Wildman–Crippen MR) is 152 cm³/mol. The zero-order valence-corrected chi connectivity index (χ0v) is 22.6. The van der Waals surface area contributed by atoms with Crippen molar-refractivity contribution in [2.45, 2.75) is 41.0 Å². The monoisotopic (exact) mass is 493 g/mol. The maximum absolute atomic E-state index is 12.6. The molecule has 1 aromatic heterocycles. The second-order valence-electron chi connectivity index (χ2n) is 7.48. The molecule has 0 unspecified atom stereocenters. The van der Waals surface area contributed by atoms with Crippen LogP contribution >= 0.6 is 0 Å². The lowest BCUT2D eigenvalue weighted by Gasteiger charge is -2.17. The SMILES string of the molecule is CC.CCC(=O)c1cnc(NC(C=C(C)C)=NC)cc1Nc1cccc(C(N)=N/C=C/NC)c1OC. The fourth-order valence-corrected chi connectivity index (χ4v) is 3.06. The Bertz CT molecular complexity index is 1130. The average molecular weight is 494 g/mol. The first kappa shape index (κ1) is 29.9. The van der Waals surface area contributed by atoms with E-state index in [-0.39, 0.29) is 5.78 Å². The Morgan fingerprint density at radius 3 is 2.50 bits per heavy atom. The molecule has 0 fully saturated rings. The van der Waals surface area contributed by atoms with Crippen molar-refractivity contribution in [1.29, 1.82) is 0 Å². The van der Waals surface area contributed by atoms with Gasteiger partial charge in [0, 0.05) is 45.2 Å². The number of pyridine rings is 1. The number of aromatic nitrogens is 1. The lowest BCUT2D eigenvalue weighted by Crippen LogP contribution is -2.15. The first-order chi connectivity index (χ1) is 17.3. The van der Waals surface area contributed by atoms with Crippen molar-refractivity contribution in [3.05, 3.63) is 65.6 Å². The molecule has 1 aromatic carbocycles. The fourth-order valence-electron chi connectivity index (χ4n) is 3.06. The third kappa shape index (κ3) is 8.57. The average Bonchev–Trinajstić information content (AvgIpc) is 2.88. The topological polar surface area (TPSA) is 126 Å². The van der Waals surface area contributed by atoms with Crippen LogP contribution in [0.3, 0.4) is 0 Å². The molecule has 0 aliphatic heterocycles. The number of anilines is 3. The number of nitrogens with zero attached hydrogens (tertiary/aromatic N) is 3. The number of hydrogen-bond donors (Lipinski definition) is 4. The van der Waals surface area contributed by atoms with Gasteiger partial charge in [0.15, 0.2) is 11.5 Å². The van der Waals surface area contributed by atoms with Gasteiger partial charge < -0.3 is 26.4 Å². The molecule has 1 heterocycles. The standard InChI is InChI=1S/C25H33N7O2.C2H6/c1-7-21(33)18-15-30-23(32-22(28-5)13-16(2)3)14-20(18)31-19-10-8-9-17(24(19)34-6)25(26)29-12-11-27-4;1-2/h8-15,27H,7H2,1-6H3,(H2,26,29)(H2,28,30,31,32);1-2H3/b12-11+;. The summed E-state index contributed by atoms with van der Waals surface area (Å²) in [6, 6.07) is 7.26. The van der Waals surface area contributed by atoms with Gasteiger partial charge in [0.2, 0.25) is 0 Å². The van der Waals surface area contributed by atoms with Gasteiger partial charge in [0.05, 0.1) is 29.6 Å². The molecule has 0 amide bonds. The highest BCUT2D eigenvalue weighted by molar-refractivity contribution is 6.06. The molecule has 36 heavy (non-hydrogen) atoms. The Balaban J connectivity index is 0.00000316. The smallest absolute Gasteiger partial charge is 0.166 e. The minimum absolute atomic E-state index is 0.0383. The van der Waals surface area contributed by atoms with E-state index < -0.39 is 0 Å². The van der Waals surface area contributed by atoms with Crippen molar-refractivity contribution in [3.63, 3.8) is 0 Å². The molecule has 0 bridgehead atoms. The van der Waals surface area contributed by atoms with Crippen LogP contribution in [0.2, 0.25) is 0 Å². The highest BCUT2D eigenvalue weighted by atomic mass is 16.5. The summed E-state index contributed by atoms with van der Waals surface area (Å²) in [7, 11) is 5.03. The van der Waals surface area contributed by atoms with Crippen LogP contribution in [-0.2, 0) is 0 Å². The normalized spacial score (nSPS) is 11.3. The first-order valence-corrected chi connectivity index (χ1v) is 11.9. The molecule has 0 saturated heterocycles. The predicted octanol–water partition coefficient (Wildman–Crippen LogP) is 5.26. The van der Waals surface area contributed by atoms with Crippen molar-refractivity contribution in [1.82, 2.24) is 10.3 Å². The van der Waals surface area contributed by atoms with E-state index in [9.17, 15) is 4.79 Å². The number of methoxy groups -OCH3 is 1. The van der Waals surface area contributed by atoms with E-state index >= 15 is 0 Å². The van der Waals surface area contributed by atoms with E-state index in [1.165, 1.54) is 0 Å². The third-order valence-corrected chi connectivity index (χ3v) is 4.67. The molecule has 0 atom stereocenters. The van der Waals surface area contributed by atoms with Gasteiger partial charge in [-0.05, 0) is 32.1 Å². The molecule has 194 valence electrons. The number of amidine groups is 2. The van der Waals surface area contributed by atoms with Crippen LogP contribution in [0.1, 0.15) is 57.0 Å². The number of Topliss-reactive ketones (excluding diaryl/α,β-unsaturated/α-hetero) is 1. The maximum Gasteiger partial charge on any atom is 0.166 e. The third-order valence-electron chi connectivity index (χ3n) is 4.67. The highest BCUT2D eigenvalue weighted by Crippen LogP contribution is 2.33. The van der Waals surface area contributed by atoms with E-state index in [1.54, 1.807) is 45.9 Å². The van der Waals surface area contributed by atoms with Crippen LogP contribution in [0.5, 0.6) is 5.75 Å². The largest absolute Gasteiger partial charge is 0.494 e. The zero-order valence-electron chi connectivity index (χ0n) is 22.6. The summed E-state index contributed by atoms with van der Waals surface area (Å²) >= 11 is 0. The number of carbonyl (C=O) groups excluding carboxylic acids is 1. The molecular formula is C27H39N7O2. The molecule has 0 saturated carbocycles. The maximum atomic E-state index is 12.6. The Labute approximate surface area is 214 Å². The highest BCUT2D eigenvalue weighted by Gasteiger charge is 2.17. The number of hydrogen-bond acceptors (Lipinski definition) is 7. The van der Waals surface area contributed by atoms with Crippen LogP contribution in [0.4, 0.5) is 17.2 Å². The summed E-state index contributed by atoms with van der Waals surface area (Å²) in [6.45, 7) is 9.78. The number of ether oxygens (including phenoxy) is 1. The second kappa shape index (κ2) is 15.7. The van der Waals surface area contributed by atoms with Crippen LogP contribution < -0.4 is 26.4 Å². The summed E-state index contributed by atoms with van der Waals surface area (Å²) in [6.07, 6.45) is 7.04. The van der Waals surface area contributed by atoms with Crippen LogP contribution in [0.15, 0.2) is 64.5 Å². The number of ketones is 1. The molecule has 2 aromatic rings. The van der Waals surface area contributed by atoms with Gasteiger partial charge in [-0.1, -0.05) is 32.4 Å². The molecule has 0 spiro atoms. The van der Waals surface area contributed by atoms with Crippen molar-refractivity contribution in [3.8, 4) is 5.75 Å². The molecule has 0 radical (unpaired) electrons. The molecule has 0 aliphatic carbocycles. The summed E-state index contributed by atoms with van der Waals surface area (Å²) in [4.78, 5) is 25.5. The van der Waals surface area contributed by atoms with Crippen LogP contribution in [0, 0.1) is 0 Å². The van der Waals surface area contributed by atoms with E-state index in [0.717, 1.165) is 5.57 Å². The Hall–Kier alpha value is -4.14. The number of rotatable bonds is 10. The van der Waals surface area contributed by atoms with Crippen molar-refractivity contribution in [2.24, 2.45) is 15.7 Å². The lowest BCUT2D eigenvalue weighted by molar-refractivity contribution is 0.0988. The van der Waals surface area contributed by atoms with E-state index in [2.05, 4.69) is 30.9 Å². The van der Waals surface area contributed by atoms with Gasteiger partial charge in [-0.2, -0.15) is 0 Å². The number of para-hydroxylation sites is 1. The number of nitrogens with two attached hydrogens (primary N) is 1. The minimum Gasteiger partial charge on any atom is -0.494 e. The van der Waals surface area contributed by atoms with Gasteiger partial charge in [0.1, 0.15) is 17.5 Å². The number of carbonyl (C=O) groups is 1. The van der Waals surface area contributed by atoms with Gasteiger partial charge in [0.25, 0.3) is 0 Å². The molecule has 9 heteroatoms. The summed E-state index contributed by atoms with van der Waals surface area (Å²) in [5.41, 5.74) is 9.57. The Kier molecular flexibility index (Phi) is 13.0. The Morgan fingerprint density at radius 2 is 1.92 bits per heavy atom. The molecular weight excluding hydrogens is 454 g/mol. The van der Waals surface area contributed by atoms with Gasteiger partial charge in [-0.3, -0.25) is 9.79 Å². The number of allylic oxidation sites excluding steroid dienone is 1. The van der Waals surface area contributed by atoms with Crippen molar-refractivity contribution < 1.29 is 9.53 Å². The van der Waals surface area contributed by atoms with Gasteiger partial charge in [-0.25, -0.2) is 9.98 Å². The summed E-state index contributed by atoms with van der Waals surface area (Å²) in [5.74, 6) is 1.96. The van der Waals surface area contributed by atoms with Crippen LogP contribution in [0.25, 0.3) is 0 Å². The van der Waals surface area contributed by atoms with E-state index in [0.29, 0.717) is 52.2 Å².